The Morgan fingerprint density at radius 1 is 1.38 bits per heavy atom. The van der Waals surface area contributed by atoms with E-state index >= 15 is 0 Å². The predicted molar refractivity (Wildman–Crippen MR) is 55.7 cm³/mol. The van der Waals surface area contributed by atoms with E-state index in [1.165, 1.54) is 0 Å². The Kier molecular flexibility index (Phi) is 3.22. The highest BCUT2D eigenvalue weighted by Crippen LogP contribution is 2.15. The third kappa shape index (κ3) is 2.40. The smallest absolute Gasteiger partial charge is 0.229 e. The average Bonchev–Trinajstić information content (AvgIpc) is 2.76. The molecule has 2 unspecified atom stereocenters. The molecule has 90 valence electrons. The normalized spacial score (nSPS) is 26.8. The number of likely N-dealkylation sites (tertiary alicyclic amines) is 1. The molecule has 2 rings (SSSR count). The number of aliphatic hydroxyl groups excluding tert-OH is 2. The molecule has 6 nitrogen and oxygen atoms in total. The maximum absolute atomic E-state index is 9.38. The van der Waals surface area contributed by atoms with Crippen LogP contribution in [-0.4, -0.2) is 50.6 Å². The van der Waals surface area contributed by atoms with Gasteiger partial charge < -0.3 is 14.7 Å². The van der Waals surface area contributed by atoms with E-state index in [2.05, 4.69) is 10.1 Å². The van der Waals surface area contributed by atoms with Crippen LogP contribution in [0.1, 0.15) is 31.5 Å². The van der Waals surface area contributed by atoms with Crippen molar-refractivity contribution in [3.8, 4) is 0 Å². The second-order valence-electron chi connectivity index (χ2n) is 4.53. The molecule has 1 aromatic rings. The number of rotatable bonds is 3. The van der Waals surface area contributed by atoms with Crippen LogP contribution in [-0.2, 0) is 6.54 Å². The summed E-state index contributed by atoms with van der Waals surface area (Å²) in [5.41, 5.74) is 0. The lowest BCUT2D eigenvalue weighted by Gasteiger charge is -2.10. The van der Waals surface area contributed by atoms with Gasteiger partial charge in [0.1, 0.15) is 0 Å². The first-order chi connectivity index (χ1) is 7.56. The number of hydrogen-bond acceptors (Lipinski definition) is 6. The molecule has 1 aliphatic heterocycles. The molecule has 1 aliphatic rings. The van der Waals surface area contributed by atoms with Crippen LogP contribution in [0.4, 0.5) is 0 Å². The third-order valence-corrected chi connectivity index (χ3v) is 2.68. The summed E-state index contributed by atoms with van der Waals surface area (Å²) in [6.07, 6.45) is -1.34. The highest BCUT2D eigenvalue weighted by atomic mass is 16.5. The summed E-state index contributed by atoms with van der Waals surface area (Å²) in [7, 11) is 0. The summed E-state index contributed by atoms with van der Waals surface area (Å²) in [6, 6.07) is 0. The van der Waals surface area contributed by atoms with Crippen LogP contribution >= 0.6 is 0 Å². The summed E-state index contributed by atoms with van der Waals surface area (Å²) in [6.45, 7) is 5.38. The molecular weight excluding hydrogens is 210 g/mol. The topological polar surface area (TPSA) is 82.6 Å². The zero-order valence-electron chi connectivity index (χ0n) is 9.50. The highest BCUT2D eigenvalue weighted by Gasteiger charge is 2.30. The molecule has 2 N–H and O–H groups in total. The first kappa shape index (κ1) is 11.5. The van der Waals surface area contributed by atoms with Gasteiger partial charge in [-0.3, -0.25) is 4.90 Å². The molecule has 6 heteroatoms. The van der Waals surface area contributed by atoms with Crippen molar-refractivity contribution in [2.75, 3.05) is 13.1 Å². The monoisotopic (exact) mass is 227 g/mol. The molecule has 1 fully saturated rings. The van der Waals surface area contributed by atoms with Crippen LogP contribution in [0, 0.1) is 0 Å². The van der Waals surface area contributed by atoms with Crippen LogP contribution in [0.3, 0.4) is 0 Å². The van der Waals surface area contributed by atoms with Gasteiger partial charge in [0, 0.05) is 19.0 Å². The number of nitrogens with zero attached hydrogens (tertiary/aromatic N) is 3. The maximum atomic E-state index is 9.38. The SMILES string of the molecule is CC(C)c1nc(CN2CC(O)C(O)C2)no1. The molecule has 2 heterocycles. The van der Waals surface area contributed by atoms with Gasteiger partial charge in [-0.1, -0.05) is 19.0 Å². The van der Waals surface area contributed by atoms with E-state index in [0.717, 1.165) is 0 Å². The van der Waals surface area contributed by atoms with Crippen molar-refractivity contribution in [2.24, 2.45) is 0 Å². The van der Waals surface area contributed by atoms with Crippen LogP contribution in [0.5, 0.6) is 0 Å². The quantitative estimate of drug-likeness (QED) is 0.739. The van der Waals surface area contributed by atoms with Gasteiger partial charge in [-0.15, -0.1) is 0 Å². The van der Waals surface area contributed by atoms with Gasteiger partial charge in [0.2, 0.25) is 5.89 Å². The fourth-order valence-electron chi connectivity index (χ4n) is 1.74. The van der Waals surface area contributed by atoms with Crippen LogP contribution in [0.15, 0.2) is 4.52 Å². The van der Waals surface area contributed by atoms with Crippen LogP contribution in [0.2, 0.25) is 0 Å². The zero-order chi connectivity index (χ0) is 11.7. The second kappa shape index (κ2) is 4.48. The summed E-state index contributed by atoms with van der Waals surface area (Å²) >= 11 is 0. The highest BCUT2D eigenvalue weighted by molar-refractivity contribution is 4.93. The first-order valence-electron chi connectivity index (χ1n) is 5.47. The third-order valence-electron chi connectivity index (χ3n) is 2.68. The Hall–Kier alpha value is -0.980. The van der Waals surface area contributed by atoms with Crippen molar-refractivity contribution >= 4 is 0 Å². The largest absolute Gasteiger partial charge is 0.389 e. The van der Waals surface area contributed by atoms with Gasteiger partial charge in [-0.25, -0.2) is 0 Å². The lowest BCUT2D eigenvalue weighted by Crippen LogP contribution is -2.22. The molecule has 2 atom stereocenters. The molecule has 1 aromatic heterocycles. The lowest BCUT2D eigenvalue weighted by atomic mass is 10.2. The van der Waals surface area contributed by atoms with Gasteiger partial charge >= 0.3 is 0 Å². The molecule has 0 radical (unpaired) electrons. The van der Waals surface area contributed by atoms with E-state index in [1.54, 1.807) is 0 Å². The van der Waals surface area contributed by atoms with Gasteiger partial charge in [0.25, 0.3) is 0 Å². The number of aromatic nitrogens is 2. The Morgan fingerprint density at radius 2 is 2.00 bits per heavy atom. The fraction of sp³-hybridized carbons (Fsp3) is 0.800. The van der Waals surface area contributed by atoms with Gasteiger partial charge in [0.15, 0.2) is 5.82 Å². The number of β-amino-alcohol motifs (C(OH)–C–C–N with tert-alkyl or cyclic N) is 2. The van der Waals surface area contributed by atoms with Crippen LogP contribution < -0.4 is 0 Å². The molecule has 1 saturated heterocycles. The Labute approximate surface area is 93.9 Å². The molecule has 0 amide bonds. The van der Waals surface area contributed by atoms with Crippen molar-refractivity contribution in [3.05, 3.63) is 11.7 Å². The van der Waals surface area contributed by atoms with Gasteiger partial charge in [0.05, 0.1) is 18.8 Å². The minimum atomic E-state index is -0.670. The van der Waals surface area contributed by atoms with E-state index in [-0.39, 0.29) is 5.92 Å². The van der Waals surface area contributed by atoms with Crippen molar-refractivity contribution in [1.82, 2.24) is 15.0 Å². The van der Waals surface area contributed by atoms with Crippen LogP contribution in [0.25, 0.3) is 0 Å². The van der Waals surface area contributed by atoms with Gasteiger partial charge in [-0.05, 0) is 0 Å². The van der Waals surface area contributed by atoms with Crippen molar-refractivity contribution < 1.29 is 14.7 Å². The summed E-state index contributed by atoms with van der Waals surface area (Å²) in [5.74, 6) is 1.44. The van der Waals surface area contributed by atoms with E-state index in [4.69, 9.17) is 4.52 Å². The standard InChI is InChI=1S/C10H17N3O3/c1-6(2)10-11-9(12-16-10)5-13-3-7(14)8(15)4-13/h6-8,14-15H,3-5H2,1-2H3. The number of aliphatic hydroxyl groups is 2. The van der Waals surface area contributed by atoms with E-state index in [1.807, 2.05) is 18.7 Å². The summed E-state index contributed by atoms with van der Waals surface area (Å²) in [5, 5.41) is 22.6. The number of hydrogen-bond donors (Lipinski definition) is 2. The predicted octanol–water partition coefficient (Wildman–Crippen LogP) is -0.270. The summed E-state index contributed by atoms with van der Waals surface area (Å²) in [4.78, 5) is 6.15. The maximum Gasteiger partial charge on any atom is 0.229 e. The Morgan fingerprint density at radius 3 is 2.50 bits per heavy atom. The summed E-state index contributed by atoms with van der Waals surface area (Å²) < 4.78 is 5.08. The zero-order valence-corrected chi connectivity index (χ0v) is 9.50. The van der Waals surface area contributed by atoms with E-state index in [9.17, 15) is 10.2 Å². The molecule has 0 aliphatic carbocycles. The molecule has 0 bridgehead atoms. The molecule has 16 heavy (non-hydrogen) atoms. The minimum Gasteiger partial charge on any atom is -0.389 e. The molecular formula is C10H17N3O3. The Bertz CT molecular complexity index is 343. The molecule has 0 saturated carbocycles. The van der Waals surface area contributed by atoms with Crippen molar-refractivity contribution in [1.29, 1.82) is 0 Å². The van der Waals surface area contributed by atoms with E-state index < -0.39 is 12.2 Å². The van der Waals surface area contributed by atoms with Crippen molar-refractivity contribution in [3.63, 3.8) is 0 Å². The average molecular weight is 227 g/mol. The first-order valence-corrected chi connectivity index (χ1v) is 5.47. The lowest BCUT2D eigenvalue weighted by molar-refractivity contribution is 0.0572. The molecule has 0 aromatic carbocycles. The Balaban J connectivity index is 1.94. The molecule has 0 spiro atoms. The minimum absolute atomic E-state index is 0.219. The fourth-order valence-corrected chi connectivity index (χ4v) is 1.74. The van der Waals surface area contributed by atoms with Gasteiger partial charge in [-0.2, -0.15) is 4.98 Å². The van der Waals surface area contributed by atoms with E-state index in [0.29, 0.717) is 31.3 Å². The van der Waals surface area contributed by atoms with Crippen molar-refractivity contribution in [2.45, 2.75) is 38.5 Å². The second-order valence-corrected chi connectivity index (χ2v) is 4.53.